The van der Waals surface area contributed by atoms with E-state index in [-0.39, 0.29) is 48.4 Å². The molecule has 2 unspecified atom stereocenters. The van der Waals surface area contributed by atoms with E-state index < -0.39 is 22.8 Å². The SMILES string of the molecule is C=C(C)C(=O)OCCOC(=O)CCC1(C)CC(NC(=O)C[Si](C)(C)O[Si](C)(C)OC)CC(C)(C)C1. The zero-order valence-electron chi connectivity index (χ0n) is 23.3. The summed E-state index contributed by atoms with van der Waals surface area (Å²) >= 11 is 0. The van der Waals surface area contributed by atoms with Gasteiger partial charge in [-0.15, -0.1) is 0 Å². The highest BCUT2D eigenvalue weighted by molar-refractivity contribution is 6.83. The average Bonchev–Trinajstić information content (AvgIpc) is 2.66. The summed E-state index contributed by atoms with van der Waals surface area (Å²) < 4.78 is 21.9. The third-order valence-electron chi connectivity index (χ3n) is 6.27. The smallest absolute Gasteiger partial charge is 0.333 e. The molecule has 1 aliphatic rings. The van der Waals surface area contributed by atoms with Gasteiger partial charge in [0.25, 0.3) is 0 Å². The van der Waals surface area contributed by atoms with Gasteiger partial charge in [0.1, 0.15) is 13.2 Å². The van der Waals surface area contributed by atoms with Crippen molar-refractivity contribution in [1.82, 2.24) is 5.32 Å². The topological polar surface area (TPSA) is 100 Å². The first-order chi connectivity index (χ1) is 15.9. The number of hydrogen-bond acceptors (Lipinski definition) is 7. The molecule has 0 aromatic heterocycles. The quantitative estimate of drug-likeness (QED) is 0.160. The van der Waals surface area contributed by atoms with Crippen molar-refractivity contribution in [1.29, 1.82) is 0 Å². The van der Waals surface area contributed by atoms with Gasteiger partial charge in [0.2, 0.25) is 5.91 Å². The van der Waals surface area contributed by atoms with Crippen molar-refractivity contribution in [2.75, 3.05) is 20.3 Å². The van der Waals surface area contributed by atoms with Crippen LogP contribution in [-0.2, 0) is 32.4 Å². The fourth-order valence-corrected chi connectivity index (χ4v) is 12.0. The van der Waals surface area contributed by atoms with Gasteiger partial charge in [0.05, 0.1) is 0 Å². The van der Waals surface area contributed by atoms with Crippen molar-refractivity contribution in [3.05, 3.63) is 12.2 Å². The zero-order chi connectivity index (χ0) is 27.1. The van der Waals surface area contributed by atoms with E-state index in [9.17, 15) is 14.4 Å². The second-order valence-electron chi connectivity index (χ2n) is 12.1. The van der Waals surface area contributed by atoms with Gasteiger partial charge in [0.15, 0.2) is 8.32 Å². The van der Waals surface area contributed by atoms with E-state index in [1.807, 2.05) is 13.1 Å². The molecule has 0 saturated heterocycles. The molecule has 0 bridgehead atoms. The number of carbonyl (C=O) groups excluding carboxylic acids is 3. The summed E-state index contributed by atoms with van der Waals surface area (Å²) in [5, 5.41) is 3.26. The van der Waals surface area contributed by atoms with Gasteiger partial charge in [-0.3, -0.25) is 9.59 Å². The predicted octanol–water partition coefficient (Wildman–Crippen LogP) is 4.70. The highest BCUT2D eigenvalue weighted by Gasteiger charge is 2.42. The first-order valence-electron chi connectivity index (χ1n) is 12.4. The average molecular weight is 530 g/mol. The van der Waals surface area contributed by atoms with Crippen molar-refractivity contribution >= 4 is 34.7 Å². The largest absolute Gasteiger partial charge is 0.462 e. The lowest BCUT2D eigenvalue weighted by Gasteiger charge is -2.47. The summed E-state index contributed by atoms with van der Waals surface area (Å²) in [7, 11) is -2.76. The minimum absolute atomic E-state index is 0.0171. The van der Waals surface area contributed by atoms with Crippen LogP contribution in [0.5, 0.6) is 0 Å². The lowest BCUT2D eigenvalue weighted by atomic mass is 9.61. The molecule has 0 aliphatic heterocycles. The number of ether oxygens (including phenoxy) is 2. The Balaban J connectivity index is 2.61. The van der Waals surface area contributed by atoms with Crippen molar-refractivity contribution in [3.8, 4) is 0 Å². The van der Waals surface area contributed by atoms with Crippen LogP contribution in [0.2, 0.25) is 32.2 Å². The van der Waals surface area contributed by atoms with Crippen LogP contribution in [0.25, 0.3) is 0 Å². The summed E-state index contributed by atoms with van der Waals surface area (Å²) in [6, 6.07) is 0.439. The van der Waals surface area contributed by atoms with Gasteiger partial charge in [-0.1, -0.05) is 27.4 Å². The molecule has 202 valence electrons. The van der Waals surface area contributed by atoms with E-state index in [0.29, 0.717) is 18.0 Å². The molecule has 1 saturated carbocycles. The lowest BCUT2D eigenvalue weighted by Crippen LogP contribution is -2.51. The Kier molecular flexibility index (Phi) is 11.4. The van der Waals surface area contributed by atoms with Gasteiger partial charge >= 0.3 is 20.5 Å². The van der Waals surface area contributed by atoms with Crippen LogP contribution in [0.3, 0.4) is 0 Å². The van der Waals surface area contributed by atoms with Crippen LogP contribution in [0.4, 0.5) is 0 Å². The van der Waals surface area contributed by atoms with E-state index in [0.717, 1.165) is 19.3 Å². The Hall–Kier alpha value is -1.50. The molecule has 1 N–H and O–H groups in total. The molecule has 8 nitrogen and oxygen atoms in total. The fraction of sp³-hybridized carbons (Fsp3) is 0.800. The van der Waals surface area contributed by atoms with Crippen molar-refractivity contribution in [2.45, 2.75) is 98.1 Å². The summed E-state index contributed by atoms with van der Waals surface area (Å²) in [4.78, 5) is 36.6. The number of hydrogen-bond donors (Lipinski definition) is 1. The van der Waals surface area contributed by atoms with E-state index in [1.165, 1.54) is 0 Å². The van der Waals surface area contributed by atoms with E-state index >= 15 is 0 Å². The second kappa shape index (κ2) is 12.6. The summed E-state index contributed by atoms with van der Waals surface area (Å²) in [5.41, 5.74) is 0.254. The molecule has 0 heterocycles. The molecule has 0 radical (unpaired) electrons. The number of carbonyl (C=O) groups is 3. The molecule has 0 aromatic rings. The van der Waals surface area contributed by atoms with Gasteiger partial charge in [-0.05, 0) is 69.6 Å². The number of nitrogens with one attached hydrogen (secondary N) is 1. The van der Waals surface area contributed by atoms with Gasteiger partial charge in [0, 0.05) is 31.2 Å². The minimum atomic E-state index is -2.21. The number of rotatable bonds is 13. The maximum atomic E-state index is 12.9. The molecule has 1 amide bonds. The van der Waals surface area contributed by atoms with Crippen LogP contribution >= 0.6 is 0 Å². The summed E-state index contributed by atoms with van der Waals surface area (Å²) in [6.45, 7) is 19.8. The molecule has 0 aromatic carbocycles. The highest BCUT2D eigenvalue weighted by Crippen LogP contribution is 2.48. The monoisotopic (exact) mass is 529 g/mol. The molecular formula is C25H47NO7Si2. The van der Waals surface area contributed by atoms with Crippen molar-refractivity contribution in [2.24, 2.45) is 10.8 Å². The van der Waals surface area contributed by atoms with Crippen LogP contribution in [0, 0.1) is 10.8 Å². The van der Waals surface area contributed by atoms with E-state index in [4.69, 9.17) is 18.0 Å². The number of amides is 1. The molecular weight excluding hydrogens is 482 g/mol. The first-order valence-corrected chi connectivity index (χ1v) is 18.3. The fourth-order valence-electron chi connectivity index (χ4n) is 5.22. The normalized spacial score (nSPS) is 22.3. The van der Waals surface area contributed by atoms with Crippen LogP contribution in [0.1, 0.15) is 59.8 Å². The maximum Gasteiger partial charge on any atom is 0.333 e. The molecule has 2 atom stereocenters. The zero-order valence-corrected chi connectivity index (χ0v) is 25.3. The van der Waals surface area contributed by atoms with E-state index in [2.05, 4.69) is 45.8 Å². The lowest BCUT2D eigenvalue weighted by molar-refractivity contribution is -0.150. The molecule has 1 rings (SSSR count). The standard InChI is InChI=1S/C25H47NO7Si2/c1-19(2)23(29)32-14-13-31-22(28)11-12-25(5)16-20(15-24(3,4)18-25)26-21(27)17-34(7,8)33-35(9,10)30-6/h20H,1,11-18H2,2-10H3,(H,26,27). The van der Waals surface area contributed by atoms with E-state index in [1.54, 1.807) is 14.0 Å². The van der Waals surface area contributed by atoms with Gasteiger partial charge in [-0.25, -0.2) is 4.79 Å². The van der Waals surface area contributed by atoms with Crippen molar-refractivity contribution in [3.63, 3.8) is 0 Å². The number of esters is 2. The highest BCUT2D eigenvalue weighted by atomic mass is 28.4. The third kappa shape index (κ3) is 12.3. The Labute approximate surface area is 213 Å². The van der Waals surface area contributed by atoms with Crippen LogP contribution in [-0.4, -0.2) is 61.1 Å². The minimum Gasteiger partial charge on any atom is -0.462 e. The summed E-state index contributed by atoms with van der Waals surface area (Å²) in [6.07, 6.45) is 3.63. The van der Waals surface area contributed by atoms with Gasteiger partial charge < -0.3 is 23.3 Å². The van der Waals surface area contributed by atoms with Crippen LogP contribution in [0.15, 0.2) is 12.2 Å². The molecule has 10 heteroatoms. The van der Waals surface area contributed by atoms with Crippen molar-refractivity contribution < 1.29 is 32.4 Å². The third-order valence-corrected chi connectivity index (χ3v) is 12.6. The Morgan fingerprint density at radius 1 is 1.03 bits per heavy atom. The Bertz CT molecular complexity index is 782. The molecule has 1 fully saturated rings. The van der Waals surface area contributed by atoms with Gasteiger partial charge in [-0.2, -0.15) is 0 Å². The molecule has 0 spiro atoms. The first kappa shape index (κ1) is 31.5. The predicted molar refractivity (Wildman–Crippen MR) is 142 cm³/mol. The maximum absolute atomic E-state index is 12.9. The molecule has 35 heavy (non-hydrogen) atoms. The summed E-state index contributed by atoms with van der Waals surface area (Å²) in [5.74, 6) is -0.777. The Morgan fingerprint density at radius 2 is 1.63 bits per heavy atom. The molecule has 1 aliphatic carbocycles. The van der Waals surface area contributed by atoms with Crippen LogP contribution < -0.4 is 5.32 Å². The Morgan fingerprint density at radius 3 is 2.20 bits per heavy atom. The second-order valence-corrected chi connectivity index (χ2v) is 20.0.